The highest BCUT2D eigenvalue weighted by molar-refractivity contribution is 6.35. The molecule has 0 fully saturated rings. The summed E-state index contributed by atoms with van der Waals surface area (Å²) in [6, 6.07) is 4.55. The van der Waals surface area contributed by atoms with Crippen LogP contribution >= 0.6 is 11.6 Å². The summed E-state index contributed by atoms with van der Waals surface area (Å²) in [5.41, 5.74) is 4.95. The highest BCUT2D eigenvalue weighted by Crippen LogP contribution is 2.36. The van der Waals surface area contributed by atoms with Crippen molar-refractivity contribution in [2.45, 2.75) is 12.2 Å². The van der Waals surface area contributed by atoms with Gasteiger partial charge in [0.15, 0.2) is 6.10 Å². The van der Waals surface area contributed by atoms with Gasteiger partial charge in [-0.3, -0.25) is 9.78 Å². The zero-order chi connectivity index (χ0) is 14.2. The monoisotopic (exact) mass is 282 g/mol. The largest absolute Gasteiger partial charge is 0.505 e. The Kier molecular flexibility index (Phi) is 3.57. The number of nitrogens with two attached hydrogens (primary N) is 1. The molecule has 1 aromatic heterocycles. The number of rotatable bonds is 3. The first kappa shape index (κ1) is 13.5. The molecule has 19 heavy (non-hydrogen) atoms. The van der Waals surface area contributed by atoms with Gasteiger partial charge in [-0.2, -0.15) is 0 Å². The number of aliphatic hydroxyl groups is 2. The van der Waals surface area contributed by atoms with E-state index in [0.29, 0.717) is 5.39 Å². The number of aliphatic hydroxyl groups excluding tert-OH is 2. The fourth-order valence-corrected chi connectivity index (χ4v) is 2.03. The minimum atomic E-state index is -1.84. The molecule has 0 spiro atoms. The molecule has 6 nitrogen and oxygen atoms in total. The lowest BCUT2D eigenvalue weighted by atomic mass is 10.0. The lowest BCUT2D eigenvalue weighted by molar-refractivity contribution is -0.132. The van der Waals surface area contributed by atoms with Crippen LogP contribution in [0.4, 0.5) is 0 Å². The molecule has 100 valence electrons. The quantitative estimate of drug-likeness (QED) is 0.653. The molecule has 0 radical (unpaired) electrons. The maximum atomic E-state index is 10.9. The Labute approximate surface area is 113 Å². The second-order valence-electron chi connectivity index (χ2n) is 3.99. The molecule has 2 unspecified atom stereocenters. The molecule has 2 rings (SSSR count). The van der Waals surface area contributed by atoms with Crippen molar-refractivity contribution in [3.63, 3.8) is 0 Å². The van der Waals surface area contributed by atoms with Crippen LogP contribution < -0.4 is 5.73 Å². The fraction of sp³-hybridized carbons (Fsp3) is 0.167. The van der Waals surface area contributed by atoms with Crippen LogP contribution in [0.5, 0.6) is 5.75 Å². The molecule has 1 heterocycles. The Bertz CT molecular complexity index is 647. The van der Waals surface area contributed by atoms with Gasteiger partial charge in [-0.05, 0) is 18.2 Å². The number of aromatic hydroxyl groups is 1. The number of amides is 1. The Morgan fingerprint density at radius 1 is 1.42 bits per heavy atom. The summed E-state index contributed by atoms with van der Waals surface area (Å²) in [5.74, 6) is -1.46. The van der Waals surface area contributed by atoms with Crippen molar-refractivity contribution < 1.29 is 20.1 Å². The molecular formula is C12H11ClN2O4. The van der Waals surface area contributed by atoms with Crippen LogP contribution in [0, 0.1) is 0 Å². The van der Waals surface area contributed by atoms with E-state index in [1.165, 1.54) is 12.3 Å². The zero-order valence-corrected chi connectivity index (χ0v) is 10.4. The topological polar surface area (TPSA) is 117 Å². The van der Waals surface area contributed by atoms with Crippen LogP contribution in [0.1, 0.15) is 11.7 Å². The first-order chi connectivity index (χ1) is 8.93. The lowest BCUT2D eigenvalue weighted by Gasteiger charge is -2.17. The first-order valence-corrected chi connectivity index (χ1v) is 5.72. The number of benzene rings is 1. The molecule has 0 bridgehead atoms. The van der Waals surface area contributed by atoms with Crippen molar-refractivity contribution in [1.29, 1.82) is 0 Å². The molecule has 0 aliphatic heterocycles. The van der Waals surface area contributed by atoms with Crippen molar-refractivity contribution >= 4 is 28.4 Å². The third-order valence-corrected chi connectivity index (χ3v) is 3.07. The molecule has 0 saturated carbocycles. The van der Waals surface area contributed by atoms with E-state index in [-0.39, 0.29) is 21.9 Å². The number of halogens is 1. The van der Waals surface area contributed by atoms with E-state index in [9.17, 15) is 20.1 Å². The van der Waals surface area contributed by atoms with E-state index in [2.05, 4.69) is 4.98 Å². The molecule has 2 aromatic rings. The zero-order valence-electron chi connectivity index (χ0n) is 9.62. The molecule has 2 atom stereocenters. The number of phenols is 1. The van der Waals surface area contributed by atoms with E-state index in [4.69, 9.17) is 17.3 Å². The van der Waals surface area contributed by atoms with Crippen LogP contribution in [0.25, 0.3) is 10.9 Å². The molecule has 1 aromatic carbocycles. The maximum Gasteiger partial charge on any atom is 0.249 e. The van der Waals surface area contributed by atoms with Crippen LogP contribution in [0.3, 0.4) is 0 Å². The standard InChI is InChI=1S/C12H11ClN2O4/c13-7-4-6(10(17)11(18)12(14)19)9(16)8-5(7)2-1-3-15-8/h1-4,10-11,16-18H,(H2,14,19). The predicted molar refractivity (Wildman–Crippen MR) is 68.6 cm³/mol. The minimum absolute atomic E-state index is 0.109. The van der Waals surface area contributed by atoms with Crippen molar-refractivity contribution in [3.05, 3.63) is 35.0 Å². The van der Waals surface area contributed by atoms with Gasteiger partial charge < -0.3 is 21.1 Å². The van der Waals surface area contributed by atoms with E-state index in [1.807, 2.05) is 0 Å². The SMILES string of the molecule is NC(=O)C(O)C(O)c1cc(Cl)c2cccnc2c1O. The molecule has 0 aliphatic rings. The number of primary amides is 1. The Balaban J connectivity index is 2.62. The van der Waals surface area contributed by atoms with Crippen LogP contribution in [0.15, 0.2) is 24.4 Å². The van der Waals surface area contributed by atoms with Crippen molar-refractivity contribution in [2.24, 2.45) is 5.73 Å². The Hall–Kier alpha value is -1.89. The van der Waals surface area contributed by atoms with Crippen molar-refractivity contribution in [1.82, 2.24) is 4.98 Å². The number of carbonyl (C=O) groups is 1. The normalized spacial score (nSPS) is 14.3. The van der Waals surface area contributed by atoms with E-state index >= 15 is 0 Å². The van der Waals surface area contributed by atoms with Crippen LogP contribution in [-0.4, -0.2) is 32.3 Å². The van der Waals surface area contributed by atoms with Gasteiger partial charge in [0.05, 0.1) is 5.02 Å². The number of pyridine rings is 1. The molecule has 0 saturated heterocycles. The Morgan fingerprint density at radius 2 is 2.11 bits per heavy atom. The molecular weight excluding hydrogens is 272 g/mol. The molecule has 0 aliphatic carbocycles. The average molecular weight is 283 g/mol. The van der Waals surface area contributed by atoms with Gasteiger partial charge in [0.2, 0.25) is 5.91 Å². The van der Waals surface area contributed by atoms with Gasteiger partial charge in [-0.25, -0.2) is 0 Å². The second kappa shape index (κ2) is 5.00. The highest BCUT2D eigenvalue weighted by Gasteiger charge is 2.27. The average Bonchev–Trinajstić information content (AvgIpc) is 2.41. The van der Waals surface area contributed by atoms with Gasteiger partial charge in [-0.15, -0.1) is 0 Å². The van der Waals surface area contributed by atoms with E-state index < -0.39 is 18.1 Å². The summed E-state index contributed by atoms with van der Waals surface area (Å²) in [4.78, 5) is 14.8. The first-order valence-electron chi connectivity index (χ1n) is 5.35. The second-order valence-corrected chi connectivity index (χ2v) is 4.40. The number of hydrogen-bond donors (Lipinski definition) is 4. The van der Waals surface area contributed by atoms with E-state index in [1.54, 1.807) is 12.1 Å². The summed E-state index contributed by atoms with van der Waals surface area (Å²) in [7, 11) is 0. The molecule has 1 amide bonds. The number of fused-ring (bicyclic) bond motifs is 1. The van der Waals surface area contributed by atoms with Crippen molar-refractivity contribution in [2.75, 3.05) is 0 Å². The van der Waals surface area contributed by atoms with Gasteiger partial charge in [0.1, 0.15) is 17.4 Å². The van der Waals surface area contributed by atoms with Gasteiger partial charge in [0.25, 0.3) is 0 Å². The lowest BCUT2D eigenvalue weighted by Crippen LogP contribution is -2.33. The van der Waals surface area contributed by atoms with Crippen LogP contribution in [0.2, 0.25) is 5.02 Å². The molecule has 7 heteroatoms. The van der Waals surface area contributed by atoms with Gasteiger partial charge in [0, 0.05) is 17.1 Å². The summed E-state index contributed by atoms with van der Waals surface area (Å²) < 4.78 is 0. The Morgan fingerprint density at radius 3 is 2.74 bits per heavy atom. The van der Waals surface area contributed by atoms with Gasteiger partial charge >= 0.3 is 0 Å². The number of hydrogen-bond acceptors (Lipinski definition) is 5. The summed E-state index contributed by atoms with van der Waals surface area (Å²) >= 11 is 6.00. The predicted octanol–water partition coefficient (Wildman–Crippen LogP) is 0.473. The summed E-state index contributed by atoms with van der Waals surface area (Å²) in [6.07, 6.45) is -2.08. The van der Waals surface area contributed by atoms with Crippen LogP contribution in [-0.2, 0) is 4.79 Å². The third-order valence-electron chi connectivity index (χ3n) is 2.75. The summed E-state index contributed by atoms with van der Waals surface area (Å²) in [6.45, 7) is 0. The number of aromatic nitrogens is 1. The summed E-state index contributed by atoms with van der Waals surface area (Å²) in [5, 5.41) is 30.0. The minimum Gasteiger partial charge on any atom is -0.505 e. The highest BCUT2D eigenvalue weighted by atomic mass is 35.5. The molecule has 5 N–H and O–H groups in total. The third kappa shape index (κ3) is 2.33. The van der Waals surface area contributed by atoms with Gasteiger partial charge in [-0.1, -0.05) is 11.6 Å². The smallest absolute Gasteiger partial charge is 0.249 e. The number of phenolic OH excluding ortho intramolecular Hbond substituents is 1. The number of carbonyl (C=O) groups excluding carboxylic acids is 1. The fourth-order valence-electron chi connectivity index (χ4n) is 1.76. The van der Waals surface area contributed by atoms with E-state index in [0.717, 1.165) is 0 Å². The van der Waals surface area contributed by atoms with Crippen molar-refractivity contribution in [3.8, 4) is 5.75 Å². The maximum absolute atomic E-state index is 10.9. The number of nitrogens with zero attached hydrogens (tertiary/aromatic N) is 1.